The molecule has 1 aromatic heterocycles. The number of likely N-dealkylation sites (N-methyl/N-ethyl adjacent to an activating group) is 1. The van der Waals surface area contributed by atoms with Crippen LogP contribution in [0.1, 0.15) is 12.8 Å². The number of hydrogen-bond acceptors (Lipinski definition) is 7. The van der Waals surface area contributed by atoms with E-state index in [9.17, 15) is 0 Å². The smallest absolute Gasteiger partial charge is 0.316 e. The number of nitrogens with zero attached hydrogens (tertiary/aromatic N) is 4. The Morgan fingerprint density at radius 2 is 2.11 bits per heavy atom. The predicted molar refractivity (Wildman–Crippen MR) is 103 cm³/mol. The van der Waals surface area contributed by atoms with Gasteiger partial charge in [0.1, 0.15) is 11.9 Å². The molecular weight excluding hydrogens is 344 g/mol. The Kier molecular flexibility index (Phi) is 6.01. The molecule has 7 heteroatoms. The Morgan fingerprint density at radius 1 is 1.22 bits per heavy atom. The second kappa shape index (κ2) is 8.82. The Balaban J connectivity index is 1.30. The molecule has 0 bridgehead atoms. The van der Waals surface area contributed by atoms with E-state index in [1.165, 1.54) is 0 Å². The molecule has 0 amide bonds. The first kappa shape index (κ1) is 18.4. The third-order valence-corrected chi connectivity index (χ3v) is 5.19. The summed E-state index contributed by atoms with van der Waals surface area (Å²) in [6.07, 6.45) is 3.81. The first-order valence-corrected chi connectivity index (χ1v) is 9.82. The minimum Gasteiger partial charge on any atom is -0.487 e. The van der Waals surface area contributed by atoms with Gasteiger partial charge < -0.3 is 24.0 Å². The van der Waals surface area contributed by atoms with E-state index >= 15 is 0 Å². The molecule has 27 heavy (non-hydrogen) atoms. The topological polar surface area (TPSA) is 60.0 Å². The second-order valence-electron chi connectivity index (χ2n) is 7.29. The fourth-order valence-corrected chi connectivity index (χ4v) is 3.49. The van der Waals surface area contributed by atoms with Crippen LogP contribution in [0, 0.1) is 0 Å². The molecule has 0 saturated carbocycles. The van der Waals surface area contributed by atoms with E-state index in [1.54, 1.807) is 6.20 Å². The lowest BCUT2D eigenvalue weighted by Crippen LogP contribution is -2.44. The molecule has 1 atom stereocenters. The van der Waals surface area contributed by atoms with Crippen molar-refractivity contribution in [2.45, 2.75) is 18.9 Å². The highest BCUT2D eigenvalue weighted by Gasteiger charge is 2.18. The third kappa shape index (κ3) is 4.86. The maximum absolute atomic E-state index is 6.05. The maximum atomic E-state index is 6.05. The molecule has 0 spiro atoms. The highest BCUT2D eigenvalue weighted by Crippen LogP contribution is 2.27. The van der Waals surface area contributed by atoms with E-state index < -0.39 is 0 Å². The predicted octanol–water partition coefficient (Wildman–Crippen LogP) is 1.81. The first-order valence-electron chi connectivity index (χ1n) is 9.82. The Morgan fingerprint density at radius 3 is 2.93 bits per heavy atom. The Hall–Kier alpha value is -1.96. The minimum absolute atomic E-state index is 0.112. The van der Waals surface area contributed by atoms with Gasteiger partial charge in [0.25, 0.3) is 0 Å². The number of ether oxygens (including phenoxy) is 3. The van der Waals surface area contributed by atoms with Gasteiger partial charge in [-0.2, -0.15) is 4.98 Å². The van der Waals surface area contributed by atoms with Gasteiger partial charge in [0.05, 0.1) is 30.7 Å². The molecule has 2 aliphatic heterocycles. The van der Waals surface area contributed by atoms with Crippen LogP contribution in [0.25, 0.3) is 10.9 Å². The number of piperazine rings is 1. The molecule has 2 saturated heterocycles. The molecule has 1 unspecified atom stereocenters. The maximum Gasteiger partial charge on any atom is 0.316 e. The summed E-state index contributed by atoms with van der Waals surface area (Å²) in [5.41, 5.74) is 0.843. The lowest BCUT2D eigenvalue weighted by Gasteiger charge is -2.32. The van der Waals surface area contributed by atoms with Crippen LogP contribution < -0.4 is 9.47 Å². The standard InChI is InChI=1S/C20H28N4O3/c1-23-8-10-24(11-9-23)7-3-12-26-20-21-14-17-18(22-20)4-2-5-19(17)27-16-6-13-25-15-16/h2,4-5,14,16H,3,6-13,15H2,1H3. The van der Waals surface area contributed by atoms with Crippen molar-refractivity contribution in [3.63, 3.8) is 0 Å². The fraction of sp³-hybridized carbons (Fsp3) is 0.600. The van der Waals surface area contributed by atoms with Crippen molar-refractivity contribution in [1.82, 2.24) is 19.8 Å². The summed E-state index contributed by atoms with van der Waals surface area (Å²) < 4.78 is 17.2. The van der Waals surface area contributed by atoms with Crippen LogP contribution in [0.15, 0.2) is 24.4 Å². The number of fused-ring (bicyclic) bond motifs is 1. The van der Waals surface area contributed by atoms with Crippen LogP contribution in [0.2, 0.25) is 0 Å². The van der Waals surface area contributed by atoms with Gasteiger partial charge in [-0.15, -0.1) is 0 Å². The molecule has 7 nitrogen and oxygen atoms in total. The van der Waals surface area contributed by atoms with Gasteiger partial charge in [-0.05, 0) is 25.6 Å². The highest BCUT2D eigenvalue weighted by molar-refractivity contribution is 5.84. The van der Waals surface area contributed by atoms with E-state index in [1.807, 2.05) is 18.2 Å². The number of hydrogen-bond donors (Lipinski definition) is 0. The SMILES string of the molecule is CN1CCN(CCCOc2ncc3c(OC4CCOC4)cccc3n2)CC1. The first-order chi connectivity index (χ1) is 13.3. The lowest BCUT2D eigenvalue weighted by molar-refractivity contribution is 0.142. The summed E-state index contributed by atoms with van der Waals surface area (Å²) in [6.45, 7) is 7.66. The van der Waals surface area contributed by atoms with Crippen molar-refractivity contribution in [2.24, 2.45) is 0 Å². The molecule has 2 fully saturated rings. The molecule has 2 aromatic rings. The van der Waals surface area contributed by atoms with Crippen molar-refractivity contribution in [1.29, 1.82) is 0 Å². The normalized spacial score (nSPS) is 21.6. The van der Waals surface area contributed by atoms with Crippen LogP contribution >= 0.6 is 0 Å². The Bertz CT molecular complexity index is 743. The summed E-state index contributed by atoms with van der Waals surface area (Å²) in [7, 11) is 2.18. The van der Waals surface area contributed by atoms with E-state index in [4.69, 9.17) is 14.2 Å². The van der Waals surface area contributed by atoms with E-state index in [2.05, 4.69) is 26.8 Å². The van der Waals surface area contributed by atoms with Crippen molar-refractivity contribution in [3.05, 3.63) is 24.4 Å². The van der Waals surface area contributed by atoms with E-state index in [0.29, 0.717) is 19.2 Å². The second-order valence-corrected chi connectivity index (χ2v) is 7.29. The number of rotatable bonds is 7. The zero-order valence-corrected chi connectivity index (χ0v) is 16.0. The van der Waals surface area contributed by atoms with Gasteiger partial charge in [0.15, 0.2) is 0 Å². The van der Waals surface area contributed by atoms with Crippen molar-refractivity contribution < 1.29 is 14.2 Å². The monoisotopic (exact) mass is 372 g/mol. The molecule has 0 aliphatic carbocycles. The molecule has 146 valence electrons. The van der Waals surface area contributed by atoms with Crippen molar-refractivity contribution in [2.75, 3.05) is 59.6 Å². The fourth-order valence-electron chi connectivity index (χ4n) is 3.49. The van der Waals surface area contributed by atoms with E-state index in [0.717, 1.165) is 68.8 Å². The van der Waals surface area contributed by atoms with Crippen molar-refractivity contribution in [3.8, 4) is 11.8 Å². The average Bonchev–Trinajstić information content (AvgIpc) is 3.20. The van der Waals surface area contributed by atoms with Crippen molar-refractivity contribution >= 4 is 10.9 Å². The largest absolute Gasteiger partial charge is 0.487 e. The van der Waals surface area contributed by atoms with Crippen LogP contribution in [0.3, 0.4) is 0 Å². The third-order valence-electron chi connectivity index (χ3n) is 5.19. The molecule has 2 aliphatic rings. The minimum atomic E-state index is 0.112. The summed E-state index contributed by atoms with van der Waals surface area (Å²) in [6, 6.07) is 6.31. The van der Waals surface area contributed by atoms with Gasteiger partial charge in [-0.25, -0.2) is 4.98 Å². The molecule has 0 radical (unpaired) electrons. The molecule has 3 heterocycles. The Labute approximate surface area is 160 Å². The zero-order chi connectivity index (χ0) is 18.5. The van der Waals surface area contributed by atoms with Crippen LogP contribution in [0.5, 0.6) is 11.8 Å². The molecular formula is C20H28N4O3. The lowest BCUT2D eigenvalue weighted by atomic mass is 10.2. The number of benzene rings is 1. The quantitative estimate of drug-likeness (QED) is 0.687. The van der Waals surface area contributed by atoms with Crippen LogP contribution in [-0.2, 0) is 4.74 Å². The summed E-state index contributed by atoms with van der Waals surface area (Å²) in [4.78, 5) is 13.8. The van der Waals surface area contributed by atoms with Gasteiger partial charge in [-0.1, -0.05) is 6.07 Å². The molecule has 0 N–H and O–H groups in total. The average molecular weight is 372 g/mol. The van der Waals surface area contributed by atoms with E-state index in [-0.39, 0.29) is 6.10 Å². The summed E-state index contributed by atoms with van der Waals surface area (Å²) in [5.74, 6) is 0.810. The zero-order valence-electron chi connectivity index (χ0n) is 16.0. The summed E-state index contributed by atoms with van der Waals surface area (Å²) in [5, 5.41) is 0.911. The summed E-state index contributed by atoms with van der Waals surface area (Å²) >= 11 is 0. The van der Waals surface area contributed by atoms with Gasteiger partial charge >= 0.3 is 6.01 Å². The van der Waals surface area contributed by atoms with Gasteiger partial charge in [0, 0.05) is 45.3 Å². The van der Waals surface area contributed by atoms with Crippen LogP contribution in [-0.4, -0.2) is 85.5 Å². The highest BCUT2D eigenvalue weighted by atomic mass is 16.5. The van der Waals surface area contributed by atoms with Crippen LogP contribution in [0.4, 0.5) is 0 Å². The van der Waals surface area contributed by atoms with Gasteiger partial charge in [-0.3, -0.25) is 0 Å². The molecule has 4 rings (SSSR count). The number of aromatic nitrogens is 2. The van der Waals surface area contributed by atoms with Gasteiger partial charge in [0.2, 0.25) is 0 Å². The molecule has 1 aromatic carbocycles.